The summed E-state index contributed by atoms with van der Waals surface area (Å²) in [4.78, 5) is 31.9. The van der Waals surface area contributed by atoms with Gasteiger partial charge in [0, 0.05) is 0 Å². The smallest absolute Gasteiger partial charge is 0.338 e. The number of methoxy groups -OCH3 is 1. The van der Waals surface area contributed by atoms with Crippen LogP contribution >= 0.6 is 22.9 Å². The maximum absolute atomic E-state index is 13.8. The predicted octanol–water partition coefficient (Wildman–Crippen LogP) is 5.04. The molecule has 2 heterocycles. The van der Waals surface area contributed by atoms with Gasteiger partial charge < -0.3 is 14.2 Å². The van der Waals surface area contributed by atoms with Gasteiger partial charge >= 0.3 is 5.97 Å². The first-order valence-electron chi connectivity index (χ1n) is 12.7. The Hall–Kier alpha value is -4.14. The molecule has 0 saturated heterocycles. The summed E-state index contributed by atoms with van der Waals surface area (Å²) in [6.07, 6.45) is 1.74. The first-order chi connectivity index (χ1) is 19.4. The molecule has 1 aromatic heterocycles. The number of fused-ring (bicyclic) bond motifs is 1. The molecule has 0 saturated carbocycles. The number of carbonyl (C=O) groups excluding carboxylic acids is 1. The maximum atomic E-state index is 13.8. The number of nitrogens with zero attached hydrogens (tertiary/aromatic N) is 2. The van der Waals surface area contributed by atoms with E-state index in [9.17, 15) is 9.59 Å². The molecule has 3 aromatic carbocycles. The molecule has 1 aliphatic rings. The average molecular weight is 575 g/mol. The van der Waals surface area contributed by atoms with Gasteiger partial charge in [-0.25, -0.2) is 9.79 Å². The highest BCUT2D eigenvalue weighted by Gasteiger charge is 2.33. The van der Waals surface area contributed by atoms with Crippen molar-refractivity contribution in [3.05, 3.63) is 125 Å². The van der Waals surface area contributed by atoms with Crippen LogP contribution in [0.4, 0.5) is 0 Å². The second-order valence-electron chi connectivity index (χ2n) is 9.02. The van der Waals surface area contributed by atoms with Crippen molar-refractivity contribution in [2.45, 2.75) is 26.5 Å². The molecule has 0 N–H and O–H groups in total. The molecule has 0 bridgehead atoms. The van der Waals surface area contributed by atoms with Crippen LogP contribution in [0, 0.1) is 0 Å². The van der Waals surface area contributed by atoms with Crippen molar-refractivity contribution in [2.24, 2.45) is 4.99 Å². The number of esters is 1. The molecule has 0 amide bonds. The van der Waals surface area contributed by atoms with Gasteiger partial charge in [0.05, 0.1) is 40.6 Å². The highest BCUT2D eigenvalue weighted by molar-refractivity contribution is 7.07. The van der Waals surface area contributed by atoms with Gasteiger partial charge in [-0.05, 0) is 48.7 Å². The minimum Gasteiger partial charge on any atom is -0.493 e. The molecule has 5 rings (SSSR count). The standard InChI is InChI=1S/C31H27ClN2O5S/c1-4-38-30(36)26-19(2)33-31-34(27(26)22-13-9-6-10-14-22)29(35)25(40-31)17-21-15-23(32)28(24(16-21)37-3)39-18-20-11-7-5-8-12-20/h5-17,27H,4,18H2,1-3H3. The normalized spacial score (nSPS) is 14.9. The molecule has 204 valence electrons. The predicted molar refractivity (Wildman–Crippen MR) is 156 cm³/mol. The first kappa shape index (κ1) is 27.4. The molecule has 4 aromatic rings. The maximum Gasteiger partial charge on any atom is 0.338 e. The fourth-order valence-corrected chi connectivity index (χ4v) is 5.91. The highest BCUT2D eigenvalue weighted by atomic mass is 35.5. The Morgan fingerprint density at radius 3 is 2.48 bits per heavy atom. The van der Waals surface area contributed by atoms with Gasteiger partial charge in [-0.2, -0.15) is 0 Å². The Morgan fingerprint density at radius 1 is 1.10 bits per heavy atom. The van der Waals surface area contributed by atoms with Crippen molar-refractivity contribution in [2.75, 3.05) is 13.7 Å². The summed E-state index contributed by atoms with van der Waals surface area (Å²) in [5.74, 6) is 0.380. The Labute approximate surface area is 240 Å². The summed E-state index contributed by atoms with van der Waals surface area (Å²) >= 11 is 7.86. The highest BCUT2D eigenvalue weighted by Crippen LogP contribution is 2.37. The number of carbonyl (C=O) groups is 1. The van der Waals surface area contributed by atoms with E-state index in [1.54, 1.807) is 36.6 Å². The Kier molecular flexibility index (Phi) is 8.19. The van der Waals surface area contributed by atoms with Gasteiger partial charge in [-0.3, -0.25) is 9.36 Å². The van der Waals surface area contributed by atoms with Crippen LogP contribution in [0.2, 0.25) is 5.02 Å². The monoisotopic (exact) mass is 574 g/mol. The molecule has 0 spiro atoms. The number of ether oxygens (including phenoxy) is 3. The van der Waals surface area contributed by atoms with Crippen molar-refractivity contribution in [3.63, 3.8) is 0 Å². The fourth-order valence-electron chi connectivity index (χ4n) is 4.59. The summed E-state index contributed by atoms with van der Waals surface area (Å²) in [7, 11) is 1.54. The molecular weight excluding hydrogens is 548 g/mol. The molecule has 9 heteroatoms. The van der Waals surface area contributed by atoms with E-state index in [1.807, 2.05) is 60.7 Å². The summed E-state index contributed by atoms with van der Waals surface area (Å²) in [6.45, 7) is 4.06. The largest absolute Gasteiger partial charge is 0.493 e. The lowest BCUT2D eigenvalue weighted by atomic mass is 9.96. The van der Waals surface area contributed by atoms with Crippen LogP contribution in [0.1, 0.15) is 36.6 Å². The van der Waals surface area contributed by atoms with Gasteiger partial charge in [-0.15, -0.1) is 0 Å². The van der Waals surface area contributed by atoms with Crippen LogP contribution in [0.5, 0.6) is 11.5 Å². The zero-order valence-electron chi connectivity index (χ0n) is 22.2. The van der Waals surface area contributed by atoms with Gasteiger partial charge in [0.1, 0.15) is 6.61 Å². The topological polar surface area (TPSA) is 79.1 Å². The molecule has 0 aliphatic carbocycles. The second-order valence-corrected chi connectivity index (χ2v) is 10.4. The third-order valence-corrected chi connectivity index (χ3v) is 7.67. The number of thiazole rings is 1. The summed E-state index contributed by atoms with van der Waals surface area (Å²) in [5, 5.41) is 0.358. The minimum absolute atomic E-state index is 0.217. The van der Waals surface area contributed by atoms with E-state index in [-0.39, 0.29) is 12.2 Å². The first-order valence-corrected chi connectivity index (χ1v) is 13.9. The third-order valence-electron chi connectivity index (χ3n) is 6.41. The molecule has 1 atom stereocenters. The van der Waals surface area contributed by atoms with Crippen molar-refractivity contribution in [3.8, 4) is 11.5 Å². The molecule has 7 nitrogen and oxygen atoms in total. The van der Waals surface area contributed by atoms with Crippen LogP contribution in [0.3, 0.4) is 0 Å². The minimum atomic E-state index is -0.662. The summed E-state index contributed by atoms with van der Waals surface area (Å²) in [5.41, 5.74) is 3.04. The molecular formula is C31H27ClN2O5S. The number of hydrogen-bond donors (Lipinski definition) is 0. The van der Waals surface area contributed by atoms with Crippen LogP contribution in [0.15, 0.2) is 93.9 Å². The van der Waals surface area contributed by atoms with E-state index in [0.717, 1.165) is 11.1 Å². The summed E-state index contributed by atoms with van der Waals surface area (Å²) < 4.78 is 18.9. The average Bonchev–Trinajstić information content (AvgIpc) is 3.26. The quantitative estimate of drug-likeness (QED) is 0.276. The van der Waals surface area contributed by atoms with Crippen molar-refractivity contribution in [1.82, 2.24) is 4.57 Å². The Morgan fingerprint density at radius 2 is 1.80 bits per heavy atom. The molecule has 0 radical (unpaired) electrons. The third kappa shape index (κ3) is 5.46. The number of benzene rings is 3. The van der Waals surface area contributed by atoms with Crippen molar-refractivity contribution < 1.29 is 19.0 Å². The van der Waals surface area contributed by atoms with E-state index >= 15 is 0 Å². The Bertz CT molecular complexity index is 1760. The van der Waals surface area contributed by atoms with Crippen LogP contribution < -0.4 is 24.4 Å². The van der Waals surface area contributed by atoms with Crippen LogP contribution in [-0.4, -0.2) is 24.3 Å². The number of halogens is 1. The number of allylic oxidation sites excluding steroid dienone is 1. The lowest BCUT2D eigenvalue weighted by Gasteiger charge is -2.24. The zero-order valence-corrected chi connectivity index (χ0v) is 23.8. The molecule has 1 unspecified atom stereocenters. The van der Waals surface area contributed by atoms with Gasteiger partial charge in [-0.1, -0.05) is 83.6 Å². The van der Waals surface area contributed by atoms with Crippen LogP contribution in [-0.2, 0) is 16.1 Å². The number of hydrogen-bond acceptors (Lipinski definition) is 7. The lowest BCUT2D eigenvalue weighted by molar-refractivity contribution is -0.139. The second kappa shape index (κ2) is 11.9. The van der Waals surface area contributed by atoms with E-state index in [4.69, 9.17) is 25.8 Å². The van der Waals surface area contributed by atoms with Gasteiger partial charge in [0.25, 0.3) is 5.56 Å². The van der Waals surface area contributed by atoms with E-state index < -0.39 is 12.0 Å². The SMILES string of the molecule is CCOC(=O)C1=C(C)N=c2sc(=Cc3cc(Cl)c(OCc4ccccc4)c(OC)c3)c(=O)n2C1c1ccccc1. The van der Waals surface area contributed by atoms with E-state index in [1.165, 1.54) is 18.4 Å². The fraction of sp³-hybridized carbons (Fsp3) is 0.194. The molecule has 40 heavy (non-hydrogen) atoms. The Balaban J connectivity index is 1.58. The summed E-state index contributed by atoms with van der Waals surface area (Å²) in [6, 6.07) is 22.0. The lowest BCUT2D eigenvalue weighted by Crippen LogP contribution is -2.39. The van der Waals surface area contributed by atoms with Crippen molar-refractivity contribution in [1.29, 1.82) is 0 Å². The number of rotatable bonds is 8. The van der Waals surface area contributed by atoms with Gasteiger partial charge in [0.15, 0.2) is 16.3 Å². The number of aromatic nitrogens is 1. The molecule has 1 aliphatic heterocycles. The van der Waals surface area contributed by atoms with Crippen LogP contribution in [0.25, 0.3) is 6.08 Å². The zero-order chi connectivity index (χ0) is 28.2. The van der Waals surface area contributed by atoms with Crippen molar-refractivity contribution >= 4 is 35.0 Å². The van der Waals surface area contributed by atoms with E-state index in [2.05, 4.69) is 4.99 Å². The molecule has 0 fully saturated rings. The van der Waals surface area contributed by atoms with E-state index in [0.29, 0.717) is 49.3 Å². The van der Waals surface area contributed by atoms with Gasteiger partial charge in [0.2, 0.25) is 0 Å².